The van der Waals surface area contributed by atoms with Gasteiger partial charge in [-0.25, -0.2) is 4.79 Å². The minimum atomic E-state index is -0.209. The van der Waals surface area contributed by atoms with Crippen molar-refractivity contribution in [2.24, 2.45) is 13.0 Å². The predicted octanol–water partition coefficient (Wildman–Crippen LogP) is 2.01. The molecule has 1 aromatic rings. The van der Waals surface area contributed by atoms with Crippen molar-refractivity contribution >= 4 is 6.03 Å². The molecule has 0 radical (unpaired) electrons. The maximum absolute atomic E-state index is 12.6. The average Bonchev–Trinajstić information content (AvgIpc) is 3.22. The van der Waals surface area contributed by atoms with Crippen molar-refractivity contribution < 1.29 is 9.53 Å². The third kappa shape index (κ3) is 4.38. The van der Waals surface area contributed by atoms with Crippen molar-refractivity contribution in [2.45, 2.75) is 44.2 Å². The van der Waals surface area contributed by atoms with Crippen molar-refractivity contribution in [3.05, 3.63) is 18.0 Å². The Balaban J connectivity index is 1.58. The van der Waals surface area contributed by atoms with Crippen molar-refractivity contribution in [1.29, 1.82) is 0 Å². The number of hydrogen-bond donors (Lipinski definition) is 1. The number of hydrogen-bond acceptors (Lipinski definition) is 4. The molecule has 7 heteroatoms. The molecular weight excluding hydrogens is 330 g/mol. The molecule has 2 fully saturated rings. The van der Waals surface area contributed by atoms with Gasteiger partial charge in [-0.2, -0.15) is 5.10 Å². The summed E-state index contributed by atoms with van der Waals surface area (Å²) in [5.41, 5.74) is 1.03. The molecule has 0 spiro atoms. The van der Waals surface area contributed by atoms with Crippen LogP contribution in [-0.2, 0) is 11.8 Å². The molecule has 1 N–H and O–H groups in total. The number of rotatable bonds is 5. The van der Waals surface area contributed by atoms with Crippen molar-refractivity contribution in [2.75, 3.05) is 40.3 Å². The summed E-state index contributed by atoms with van der Waals surface area (Å²) in [5.74, 6) is 0.409. The summed E-state index contributed by atoms with van der Waals surface area (Å²) in [6.45, 7) is 5.28. The van der Waals surface area contributed by atoms with Gasteiger partial charge in [-0.1, -0.05) is 0 Å². The van der Waals surface area contributed by atoms with Gasteiger partial charge in [0.2, 0.25) is 0 Å². The first-order chi connectivity index (χ1) is 12.4. The van der Waals surface area contributed by atoms with Crippen LogP contribution in [0.4, 0.5) is 4.79 Å². The third-order valence-corrected chi connectivity index (χ3v) is 5.84. The van der Waals surface area contributed by atoms with Gasteiger partial charge in [0.15, 0.2) is 0 Å². The summed E-state index contributed by atoms with van der Waals surface area (Å²) in [4.78, 5) is 16.8. The van der Waals surface area contributed by atoms with E-state index in [0.29, 0.717) is 18.5 Å². The predicted molar refractivity (Wildman–Crippen MR) is 101 cm³/mol. The first-order valence-corrected chi connectivity index (χ1v) is 9.70. The van der Waals surface area contributed by atoms with E-state index in [1.54, 1.807) is 0 Å². The van der Waals surface area contributed by atoms with Crippen LogP contribution in [0.25, 0.3) is 0 Å². The lowest BCUT2D eigenvalue weighted by atomic mass is 9.86. The molecule has 2 aliphatic heterocycles. The van der Waals surface area contributed by atoms with Crippen molar-refractivity contribution in [3.63, 3.8) is 0 Å². The van der Waals surface area contributed by atoms with Crippen LogP contribution in [0, 0.1) is 5.92 Å². The van der Waals surface area contributed by atoms with Crippen LogP contribution < -0.4 is 5.32 Å². The number of amides is 2. The minimum absolute atomic E-state index is 0.0140. The van der Waals surface area contributed by atoms with Gasteiger partial charge in [0.05, 0.1) is 11.8 Å². The molecule has 2 saturated heterocycles. The monoisotopic (exact) mass is 363 g/mol. The highest BCUT2D eigenvalue weighted by atomic mass is 16.5. The Morgan fingerprint density at radius 1 is 1.46 bits per heavy atom. The quantitative estimate of drug-likeness (QED) is 0.869. The number of ether oxygens (including phenoxy) is 1. The maximum atomic E-state index is 12.6. The molecule has 2 amide bonds. The molecule has 7 nitrogen and oxygen atoms in total. The molecule has 0 aliphatic carbocycles. The Morgan fingerprint density at radius 3 is 2.92 bits per heavy atom. The highest BCUT2D eigenvalue weighted by Gasteiger charge is 2.34. The van der Waals surface area contributed by atoms with Gasteiger partial charge in [0.1, 0.15) is 0 Å². The zero-order valence-corrected chi connectivity index (χ0v) is 16.6. The SMILES string of the molecule is CN(C[C@@H]1CCCN(C)[C@H]1c1cnn(C)c1)C(=O)NC[C@]1(C)CCCO1. The summed E-state index contributed by atoms with van der Waals surface area (Å²) in [6, 6.07) is 0.295. The Morgan fingerprint density at radius 2 is 2.27 bits per heavy atom. The Bertz CT molecular complexity index is 611. The number of aryl methyl sites for hydroxylation is 1. The molecule has 2 aliphatic rings. The number of urea groups is 1. The lowest BCUT2D eigenvalue weighted by molar-refractivity contribution is 0.0217. The van der Waals surface area contributed by atoms with Crippen LogP contribution in [-0.4, -0.2) is 71.5 Å². The van der Waals surface area contributed by atoms with Crippen LogP contribution in [0.5, 0.6) is 0 Å². The largest absolute Gasteiger partial charge is 0.373 e. The van der Waals surface area contributed by atoms with Gasteiger partial charge in [0, 0.05) is 51.6 Å². The van der Waals surface area contributed by atoms with Gasteiger partial charge in [-0.15, -0.1) is 0 Å². The second kappa shape index (κ2) is 7.96. The molecule has 0 aromatic carbocycles. The second-order valence-corrected chi connectivity index (χ2v) is 8.22. The lowest BCUT2D eigenvalue weighted by Crippen LogP contribution is -2.48. The molecule has 3 rings (SSSR count). The van der Waals surface area contributed by atoms with E-state index >= 15 is 0 Å². The topological polar surface area (TPSA) is 62.6 Å². The Kier molecular flexibility index (Phi) is 5.87. The molecule has 146 valence electrons. The number of carbonyl (C=O) groups is 1. The number of piperidine rings is 1. The molecular formula is C19H33N5O2. The third-order valence-electron chi connectivity index (χ3n) is 5.84. The van der Waals surface area contributed by atoms with Gasteiger partial charge >= 0.3 is 6.03 Å². The first kappa shape index (κ1) is 19.2. The smallest absolute Gasteiger partial charge is 0.317 e. The van der Waals surface area contributed by atoms with Gasteiger partial charge in [0.25, 0.3) is 0 Å². The normalized spacial score (nSPS) is 29.7. The van der Waals surface area contributed by atoms with E-state index in [9.17, 15) is 4.79 Å². The standard InChI is InChI=1S/C19H33N5O2/c1-19(8-6-10-26-19)14-20-18(25)23(3)12-15-7-5-9-22(2)17(15)16-11-21-24(4)13-16/h11,13,15,17H,5-10,12,14H2,1-4H3,(H,20,25)/t15-,17+,19-/m0/s1. The van der Waals surface area contributed by atoms with Crippen LogP contribution in [0.1, 0.15) is 44.2 Å². The highest BCUT2D eigenvalue weighted by molar-refractivity contribution is 5.73. The molecule has 3 heterocycles. The number of likely N-dealkylation sites (tertiary alicyclic amines) is 1. The maximum Gasteiger partial charge on any atom is 0.317 e. The summed E-state index contributed by atoms with van der Waals surface area (Å²) in [7, 11) is 6.01. The molecule has 1 aromatic heterocycles. The summed E-state index contributed by atoms with van der Waals surface area (Å²) < 4.78 is 7.62. The summed E-state index contributed by atoms with van der Waals surface area (Å²) in [5, 5.41) is 7.40. The van der Waals surface area contributed by atoms with Crippen LogP contribution in [0.3, 0.4) is 0 Å². The number of nitrogens with zero attached hydrogens (tertiary/aromatic N) is 4. The highest BCUT2D eigenvalue weighted by Crippen LogP contribution is 2.35. The fourth-order valence-electron chi connectivity index (χ4n) is 4.38. The van der Waals surface area contributed by atoms with E-state index in [4.69, 9.17) is 4.74 Å². The lowest BCUT2D eigenvalue weighted by Gasteiger charge is -2.40. The first-order valence-electron chi connectivity index (χ1n) is 9.70. The molecule has 0 saturated carbocycles. The van der Waals surface area contributed by atoms with Crippen molar-refractivity contribution in [3.8, 4) is 0 Å². The Labute approximate surface area is 156 Å². The van der Waals surface area contributed by atoms with Crippen LogP contribution in [0.15, 0.2) is 12.4 Å². The minimum Gasteiger partial charge on any atom is -0.373 e. The van der Waals surface area contributed by atoms with E-state index < -0.39 is 0 Å². The number of aromatic nitrogens is 2. The van der Waals surface area contributed by atoms with Gasteiger partial charge in [-0.05, 0) is 52.1 Å². The van der Waals surface area contributed by atoms with E-state index in [1.165, 1.54) is 12.0 Å². The van der Waals surface area contributed by atoms with Gasteiger partial charge in [-0.3, -0.25) is 9.58 Å². The second-order valence-electron chi connectivity index (χ2n) is 8.22. The zero-order valence-electron chi connectivity index (χ0n) is 16.6. The molecule has 3 atom stereocenters. The van der Waals surface area contributed by atoms with Crippen molar-refractivity contribution in [1.82, 2.24) is 24.9 Å². The van der Waals surface area contributed by atoms with E-state index in [2.05, 4.69) is 35.5 Å². The average molecular weight is 364 g/mol. The Hall–Kier alpha value is -1.60. The van der Waals surface area contributed by atoms with E-state index in [1.807, 2.05) is 29.9 Å². The molecule has 0 unspecified atom stereocenters. The summed E-state index contributed by atoms with van der Waals surface area (Å²) >= 11 is 0. The zero-order chi connectivity index (χ0) is 18.7. The fraction of sp³-hybridized carbons (Fsp3) is 0.789. The van der Waals surface area contributed by atoms with Crippen LogP contribution >= 0.6 is 0 Å². The van der Waals surface area contributed by atoms with Crippen LogP contribution in [0.2, 0.25) is 0 Å². The van der Waals surface area contributed by atoms with Gasteiger partial charge < -0.3 is 15.0 Å². The fourth-order valence-corrected chi connectivity index (χ4v) is 4.38. The number of nitrogens with one attached hydrogen (secondary N) is 1. The van der Waals surface area contributed by atoms with E-state index in [-0.39, 0.29) is 11.6 Å². The molecule has 26 heavy (non-hydrogen) atoms. The molecule has 0 bridgehead atoms. The number of carbonyl (C=O) groups excluding carboxylic acids is 1. The summed E-state index contributed by atoms with van der Waals surface area (Å²) in [6.07, 6.45) is 8.42. The van der Waals surface area contributed by atoms with E-state index in [0.717, 1.165) is 39.0 Å².